The van der Waals surface area contributed by atoms with Gasteiger partial charge in [-0.2, -0.15) is 0 Å². The van der Waals surface area contributed by atoms with Crippen LogP contribution in [0, 0.1) is 5.82 Å². The van der Waals surface area contributed by atoms with E-state index >= 15 is 0 Å². The summed E-state index contributed by atoms with van der Waals surface area (Å²) in [5.41, 5.74) is 0.445. The first kappa shape index (κ1) is 16.2. The Morgan fingerprint density at radius 3 is 3.00 bits per heavy atom. The van der Waals surface area contributed by atoms with Gasteiger partial charge in [0.25, 0.3) is 0 Å². The molecule has 1 aromatic carbocycles. The number of benzene rings is 1. The van der Waals surface area contributed by atoms with Gasteiger partial charge in [0.1, 0.15) is 5.82 Å². The maximum atomic E-state index is 13.0. The number of anilines is 1. The molecule has 0 aromatic heterocycles. The molecule has 116 valence electrons. The number of amides is 1. The average Bonchev–Trinajstić information content (AvgIpc) is 2.48. The molecule has 0 saturated carbocycles. The number of carbonyl (C=O) groups excluding carboxylic acids is 1. The molecule has 1 heterocycles. The second-order valence-corrected chi connectivity index (χ2v) is 5.64. The van der Waals surface area contributed by atoms with Crippen molar-refractivity contribution in [3.05, 3.63) is 29.0 Å². The Morgan fingerprint density at radius 2 is 2.38 bits per heavy atom. The van der Waals surface area contributed by atoms with Crippen molar-refractivity contribution in [2.75, 3.05) is 31.5 Å². The number of piperidine rings is 1. The maximum absolute atomic E-state index is 13.0. The third-order valence-electron chi connectivity index (χ3n) is 3.75. The molecule has 0 radical (unpaired) electrons. The number of carbonyl (C=O) groups is 1. The summed E-state index contributed by atoms with van der Waals surface area (Å²) in [7, 11) is 0. The monoisotopic (exact) mass is 313 g/mol. The smallest absolute Gasteiger partial charge is 0.238 e. The lowest BCUT2D eigenvalue weighted by Gasteiger charge is -2.33. The standard InChI is InChI=1S/C15H21ClFN3O/c1-2-20(12-4-3-7-18-9-12)10-15(21)19-14-6-5-11(17)8-13(14)16/h5-6,8,12,18H,2-4,7,9-10H2,1H3,(H,19,21). The van der Waals surface area contributed by atoms with E-state index in [2.05, 4.69) is 15.5 Å². The van der Waals surface area contributed by atoms with Gasteiger partial charge in [0.15, 0.2) is 0 Å². The zero-order valence-electron chi connectivity index (χ0n) is 12.2. The summed E-state index contributed by atoms with van der Waals surface area (Å²) in [4.78, 5) is 14.3. The first-order valence-electron chi connectivity index (χ1n) is 7.30. The molecule has 0 bridgehead atoms. The lowest BCUT2D eigenvalue weighted by molar-refractivity contribution is -0.117. The van der Waals surface area contributed by atoms with Crippen LogP contribution in [0.5, 0.6) is 0 Å². The third-order valence-corrected chi connectivity index (χ3v) is 4.06. The van der Waals surface area contributed by atoms with E-state index < -0.39 is 5.82 Å². The Bertz CT molecular complexity index is 492. The van der Waals surface area contributed by atoms with Gasteiger partial charge in [-0.15, -0.1) is 0 Å². The van der Waals surface area contributed by atoms with Crippen molar-refractivity contribution in [1.29, 1.82) is 0 Å². The van der Waals surface area contributed by atoms with E-state index in [9.17, 15) is 9.18 Å². The lowest BCUT2D eigenvalue weighted by atomic mass is 10.1. The minimum Gasteiger partial charge on any atom is -0.324 e. The maximum Gasteiger partial charge on any atom is 0.238 e. The number of hydrogen-bond donors (Lipinski definition) is 2. The molecule has 1 aliphatic heterocycles. The third kappa shape index (κ3) is 4.66. The Kier molecular flexibility index (Phi) is 5.96. The first-order valence-corrected chi connectivity index (χ1v) is 7.67. The molecule has 6 heteroatoms. The molecular formula is C15H21ClFN3O. The van der Waals surface area contributed by atoms with E-state index in [4.69, 9.17) is 11.6 Å². The second kappa shape index (κ2) is 7.73. The van der Waals surface area contributed by atoms with Gasteiger partial charge in [0, 0.05) is 12.6 Å². The molecule has 1 unspecified atom stereocenters. The van der Waals surface area contributed by atoms with Gasteiger partial charge in [-0.3, -0.25) is 9.69 Å². The van der Waals surface area contributed by atoms with Gasteiger partial charge in [0.2, 0.25) is 5.91 Å². The number of rotatable bonds is 5. The van der Waals surface area contributed by atoms with E-state index in [-0.39, 0.29) is 10.9 Å². The number of likely N-dealkylation sites (N-methyl/N-ethyl adjacent to an activating group) is 1. The van der Waals surface area contributed by atoms with Crippen LogP contribution < -0.4 is 10.6 Å². The fraction of sp³-hybridized carbons (Fsp3) is 0.533. The van der Waals surface area contributed by atoms with Crippen LogP contribution in [0.15, 0.2) is 18.2 Å². The van der Waals surface area contributed by atoms with Gasteiger partial charge in [-0.05, 0) is 44.1 Å². The minimum absolute atomic E-state index is 0.129. The fourth-order valence-electron chi connectivity index (χ4n) is 2.61. The highest BCUT2D eigenvalue weighted by molar-refractivity contribution is 6.33. The summed E-state index contributed by atoms with van der Waals surface area (Å²) in [5, 5.41) is 6.31. The zero-order valence-corrected chi connectivity index (χ0v) is 12.9. The fourth-order valence-corrected chi connectivity index (χ4v) is 2.82. The molecule has 0 aliphatic carbocycles. The summed E-state index contributed by atoms with van der Waals surface area (Å²) in [5.74, 6) is -0.544. The SMILES string of the molecule is CCN(CC(=O)Nc1ccc(F)cc1Cl)C1CCCNC1. The van der Waals surface area contributed by atoms with Crippen LogP contribution in [0.25, 0.3) is 0 Å². The van der Waals surface area contributed by atoms with Crippen molar-refractivity contribution >= 4 is 23.2 Å². The van der Waals surface area contributed by atoms with E-state index in [1.807, 2.05) is 6.92 Å². The number of nitrogens with one attached hydrogen (secondary N) is 2. The minimum atomic E-state index is -0.415. The number of nitrogens with zero attached hydrogens (tertiary/aromatic N) is 1. The van der Waals surface area contributed by atoms with E-state index in [0.717, 1.165) is 32.5 Å². The molecule has 1 amide bonds. The van der Waals surface area contributed by atoms with Crippen LogP contribution in [0.4, 0.5) is 10.1 Å². The van der Waals surface area contributed by atoms with Gasteiger partial charge >= 0.3 is 0 Å². The van der Waals surface area contributed by atoms with Crippen LogP contribution in [0.2, 0.25) is 5.02 Å². The Morgan fingerprint density at radius 1 is 1.57 bits per heavy atom. The van der Waals surface area contributed by atoms with Crippen LogP contribution in [-0.2, 0) is 4.79 Å². The van der Waals surface area contributed by atoms with Gasteiger partial charge in [-0.1, -0.05) is 18.5 Å². The zero-order chi connectivity index (χ0) is 15.2. The van der Waals surface area contributed by atoms with Crippen LogP contribution in [0.1, 0.15) is 19.8 Å². The van der Waals surface area contributed by atoms with Crippen molar-refractivity contribution in [2.24, 2.45) is 0 Å². The normalized spacial score (nSPS) is 18.8. The summed E-state index contributed by atoms with van der Waals surface area (Å²) in [6, 6.07) is 4.34. The molecule has 1 aliphatic rings. The van der Waals surface area contributed by atoms with Crippen molar-refractivity contribution < 1.29 is 9.18 Å². The van der Waals surface area contributed by atoms with Gasteiger partial charge in [0.05, 0.1) is 17.3 Å². The Labute approximate surface area is 129 Å². The molecule has 1 fully saturated rings. The highest BCUT2D eigenvalue weighted by Crippen LogP contribution is 2.22. The quantitative estimate of drug-likeness (QED) is 0.878. The summed E-state index contributed by atoms with van der Waals surface area (Å²) >= 11 is 5.91. The molecule has 1 atom stereocenters. The molecule has 21 heavy (non-hydrogen) atoms. The summed E-state index contributed by atoms with van der Waals surface area (Å²) in [6.45, 7) is 5.14. The van der Waals surface area contributed by atoms with Crippen LogP contribution >= 0.6 is 11.6 Å². The van der Waals surface area contributed by atoms with E-state index in [0.29, 0.717) is 18.3 Å². The predicted octanol–water partition coefficient (Wildman–Crippen LogP) is 2.49. The number of halogens is 2. The van der Waals surface area contributed by atoms with Crippen molar-refractivity contribution in [3.63, 3.8) is 0 Å². The molecule has 1 aromatic rings. The Hall–Kier alpha value is -1.17. The Balaban J connectivity index is 1.92. The van der Waals surface area contributed by atoms with Crippen molar-refractivity contribution in [3.8, 4) is 0 Å². The van der Waals surface area contributed by atoms with Crippen molar-refractivity contribution in [2.45, 2.75) is 25.8 Å². The summed E-state index contributed by atoms with van der Waals surface area (Å²) in [6.07, 6.45) is 2.23. The lowest BCUT2D eigenvalue weighted by Crippen LogP contribution is -2.48. The molecule has 4 nitrogen and oxygen atoms in total. The van der Waals surface area contributed by atoms with Crippen LogP contribution in [0.3, 0.4) is 0 Å². The number of hydrogen-bond acceptors (Lipinski definition) is 3. The molecular weight excluding hydrogens is 293 g/mol. The molecule has 0 spiro atoms. The first-order chi connectivity index (χ1) is 10.1. The van der Waals surface area contributed by atoms with Gasteiger partial charge < -0.3 is 10.6 Å². The van der Waals surface area contributed by atoms with E-state index in [1.165, 1.54) is 18.2 Å². The highest BCUT2D eigenvalue weighted by atomic mass is 35.5. The highest BCUT2D eigenvalue weighted by Gasteiger charge is 2.21. The van der Waals surface area contributed by atoms with Crippen molar-refractivity contribution in [1.82, 2.24) is 10.2 Å². The van der Waals surface area contributed by atoms with Crippen LogP contribution in [-0.4, -0.2) is 43.0 Å². The molecule has 1 saturated heterocycles. The van der Waals surface area contributed by atoms with Gasteiger partial charge in [-0.25, -0.2) is 4.39 Å². The summed E-state index contributed by atoms with van der Waals surface area (Å²) < 4.78 is 13.0. The van der Waals surface area contributed by atoms with E-state index in [1.54, 1.807) is 0 Å². The predicted molar refractivity (Wildman–Crippen MR) is 83.2 cm³/mol. The average molecular weight is 314 g/mol. The second-order valence-electron chi connectivity index (χ2n) is 5.24. The topological polar surface area (TPSA) is 44.4 Å². The molecule has 2 N–H and O–H groups in total. The molecule has 2 rings (SSSR count). The largest absolute Gasteiger partial charge is 0.324 e.